The van der Waals surface area contributed by atoms with Gasteiger partial charge in [0.25, 0.3) is 5.91 Å². The van der Waals surface area contributed by atoms with Crippen molar-refractivity contribution in [2.24, 2.45) is 0 Å². The summed E-state index contributed by atoms with van der Waals surface area (Å²) in [5.74, 6) is 0.857. The molecule has 0 aliphatic carbocycles. The van der Waals surface area contributed by atoms with Gasteiger partial charge < -0.3 is 9.64 Å². The zero-order valence-corrected chi connectivity index (χ0v) is 15.0. The Balaban J connectivity index is 1.55. The van der Waals surface area contributed by atoms with E-state index >= 15 is 0 Å². The van der Waals surface area contributed by atoms with Crippen LogP contribution in [-0.2, 0) is 17.8 Å². The maximum Gasteiger partial charge on any atom is 0.263 e. The molecule has 132 valence electrons. The van der Waals surface area contributed by atoms with E-state index in [0.29, 0.717) is 13.0 Å². The number of amides is 1. The first-order valence-corrected chi connectivity index (χ1v) is 9.26. The van der Waals surface area contributed by atoms with Crippen molar-refractivity contribution in [3.05, 3.63) is 77.9 Å². The van der Waals surface area contributed by atoms with Gasteiger partial charge in [0.2, 0.25) is 0 Å². The summed E-state index contributed by atoms with van der Waals surface area (Å²) in [6.07, 6.45) is 1.11. The van der Waals surface area contributed by atoms with Crippen molar-refractivity contribution in [1.82, 2.24) is 4.90 Å². The van der Waals surface area contributed by atoms with Crippen molar-refractivity contribution in [2.75, 3.05) is 6.54 Å². The molecule has 1 aliphatic rings. The molecule has 1 heterocycles. The second kappa shape index (κ2) is 7.20. The Bertz CT molecular complexity index is 929. The molecule has 1 atom stereocenters. The monoisotopic (exact) mass is 345 g/mol. The fourth-order valence-corrected chi connectivity index (χ4v) is 3.65. The first kappa shape index (κ1) is 16.6. The minimum atomic E-state index is -0.453. The number of nitrogens with zero attached hydrogens (tertiary/aromatic N) is 1. The summed E-state index contributed by atoms with van der Waals surface area (Å²) in [6, 6.07) is 22.5. The molecule has 0 aromatic heterocycles. The van der Waals surface area contributed by atoms with E-state index in [9.17, 15) is 4.79 Å². The molecule has 0 radical (unpaired) electrons. The molecule has 0 spiro atoms. The molecule has 0 saturated heterocycles. The summed E-state index contributed by atoms with van der Waals surface area (Å²) in [5.41, 5.74) is 2.59. The van der Waals surface area contributed by atoms with Crippen LogP contribution in [0.4, 0.5) is 0 Å². The Morgan fingerprint density at radius 2 is 1.73 bits per heavy atom. The molecular formula is C23H23NO2. The fourth-order valence-electron chi connectivity index (χ4n) is 3.65. The number of hydrogen-bond acceptors (Lipinski definition) is 2. The molecule has 1 amide bonds. The summed E-state index contributed by atoms with van der Waals surface area (Å²) in [5, 5.41) is 2.17. The maximum absolute atomic E-state index is 13.1. The largest absolute Gasteiger partial charge is 0.480 e. The van der Waals surface area contributed by atoms with Crippen molar-refractivity contribution in [2.45, 2.75) is 32.4 Å². The van der Waals surface area contributed by atoms with Crippen LogP contribution in [0.15, 0.2) is 66.7 Å². The number of fused-ring (bicyclic) bond motifs is 2. The van der Waals surface area contributed by atoms with Crippen LogP contribution in [0.1, 0.15) is 24.5 Å². The molecule has 3 aromatic rings. The fraction of sp³-hybridized carbons (Fsp3) is 0.261. The molecular weight excluding hydrogens is 322 g/mol. The Morgan fingerprint density at radius 3 is 2.58 bits per heavy atom. The van der Waals surface area contributed by atoms with E-state index < -0.39 is 6.10 Å². The molecule has 0 saturated carbocycles. The van der Waals surface area contributed by atoms with Crippen LogP contribution in [0.2, 0.25) is 0 Å². The highest BCUT2D eigenvalue weighted by molar-refractivity contribution is 5.89. The number of benzene rings is 3. The number of hydrogen-bond donors (Lipinski definition) is 0. The topological polar surface area (TPSA) is 29.5 Å². The summed E-state index contributed by atoms with van der Waals surface area (Å²) in [4.78, 5) is 15.0. The molecule has 26 heavy (non-hydrogen) atoms. The highest BCUT2D eigenvalue weighted by Crippen LogP contribution is 2.27. The smallest absolute Gasteiger partial charge is 0.263 e. The SMILES string of the molecule is CCC(Oc1cccc2ccccc12)C(=O)N1CCc2ccccc2C1. The first-order valence-electron chi connectivity index (χ1n) is 9.26. The van der Waals surface area contributed by atoms with Gasteiger partial charge in [0.15, 0.2) is 6.10 Å². The molecule has 1 unspecified atom stereocenters. The summed E-state index contributed by atoms with van der Waals surface area (Å²) in [6.45, 7) is 3.43. The van der Waals surface area contributed by atoms with E-state index in [1.54, 1.807) is 0 Å². The molecule has 1 aliphatic heterocycles. The third kappa shape index (κ3) is 3.17. The number of rotatable bonds is 4. The van der Waals surface area contributed by atoms with E-state index in [1.165, 1.54) is 11.1 Å². The lowest BCUT2D eigenvalue weighted by Gasteiger charge is -2.31. The molecule has 3 nitrogen and oxygen atoms in total. The van der Waals surface area contributed by atoms with Crippen LogP contribution in [0.5, 0.6) is 5.75 Å². The zero-order chi connectivity index (χ0) is 17.9. The van der Waals surface area contributed by atoms with Gasteiger partial charge in [0, 0.05) is 18.5 Å². The van der Waals surface area contributed by atoms with Gasteiger partial charge in [-0.25, -0.2) is 0 Å². The third-order valence-electron chi connectivity index (χ3n) is 5.11. The molecule has 0 bridgehead atoms. The number of ether oxygens (including phenoxy) is 1. The first-order chi connectivity index (χ1) is 12.8. The Kier molecular flexibility index (Phi) is 4.61. The normalized spacial score (nSPS) is 14.7. The molecule has 0 fully saturated rings. The highest BCUT2D eigenvalue weighted by atomic mass is 16.5. The summed E-state index contributed by atoms with van der Waals surface area (Å²) >= 11 is 0. The van der Waals surface area contributed by atoms with Crippen LogP contribution in [0.25, 0.3) is 10.8 Å². The van der Waals surface area contributed by atoms with Crippen molar-refractivity contribution in [3.63, 3.8) is 0 Å². The van der Waals surface area contributed by atoms with Crippen molar-refractivity contribution in [3.8, 4) is 5.75 Å². The molecule has 3 heteroatoms. The van der Waals surface area contributed by atoms with Crippen LogP contribution >= 0.6 is 0 Å². The Morgan fingerprint density at radius 1 is 1.00 bits per heavy atom. The predicted molar refractivity (Wildman–Crippen MR) is 104 cm³/mol. The van der Waals surface area contributed by atoms with Gasteiger partial charge in [-0.2, -0.15) is 0 Å². The quantitative estimate of drug-likeness (QED) is 0.692. The minimum absolute atomic E-state index is 0.0786. The van der Waals surface area contributed by atoms with Gasteiger partial charge >= 0.3 is 0 Å². The Labute approximate surface area is 154 Å². The third-order valence-corrected chi connectivity index (χ3v) is 5.11. The van der Waals surface area contributed by atoms with Gasteiger partial charge in [-0.1, -0.05) is 67.6 Å². The van der Waals surface area contributed by atoms with Crippen LogP contribution in [0.3, 0.4) is 0 Å². The van der Waals surface area contributed by atoms with E-state index in [2.05, 4.69) is 30.3 Å². The molecule has 4 rings (SSSR count). The van der Waals surface area contributed by atoms with Crippen LogP contribution in [0, 0.1) is 0 Å². The van der Waals surface area contributed by atoms with E-state index in [-0.39, 0.29) is 5.91 Å². The average molecular weight is 345 g/mol. The van der Waals surface area contributed by atoms with Crippen LogP contribution < -0.4 is 4.74 Å². The number of carbonyl (C=O) groups is 1. The van der Waals surface area contributed by atoms with Gasteiger partial charge in [0.1, 0.15) is 5.75 Å². The molecule has 0 N–H and O–H groups in total. The van der Waals surface area contributed by atoms with Crippen molar-refractivity contribution < 1.29 is 9.53 Å². The Hall–Kier alpha value is -2.81. The predicted octanol–water partition coefficient (Wildman–Crippen LogP) is 4.58. The second-order valence-electron chi connectivity index (χ2n) is 6.77. The van der Waals surface area contributed by atoms with Gasteiger partial charge in [-0.05, 0) is 35.4 Å². The van der Waals surface area contributed by atoms with E-state index in [0.717, 1.165) is 29.5 Å². The summed E-state index contributed by atoms with van der Waals surface area (Å²) < 4.78 is 6.19. The van der Waals surface area contributed by atoms with Gasteiger partial charge in [-0.15, -0.1) is 0 Å². The lowest BCUT2D eigenvalue weighted by molar-refractivity contribution is -0.139. The lowest BCUT2D eigenvalue weighted by atomic mass is 9.99. The van der Waals surface area contributed by atoms with Gasteiger partial charge in [-0.3, -0.25) is 4.79 Å². The second-order valence-corrected chi connectivity index (χ2v) is 6.77. The zero-order valence-electron chi connectivity index (χ0n) is 15.0. The van der Waals surface area contributed by atoms with Crippen molar-refractivity contribution in [1.29, 1.82) is 0 Å². The average Bonchev–Trinajstić information content (AvgIpc) is 2.71. The minimum Gasteiger partial charge on any atom is -0.480 e. The van der Waals surface area contributed by atoms with Gasteiger partial charge in [0.05, 0.1) is 0 Å². The van der Waals surface area contributed by atoms with E-state index in [1.807, 2.05) is 48.2 Å². The molecule has 3 aromatic carbocycles. The summed E-state index contributed by atoms with van der Waals surface area (Å²) in [7, 11) is 0. The lowest BCUT2D eigenvalue weighted by Crippen LogP contribution is -2.44. The number of carbonyl (C=O) groups excluding carboxylic acids is 1. The maximum atomic E-state index is 13.1. The standard InChI is InChI=1S/C23H23NO2/c1-2-21(26-22-13-7-11-18-9-5-6-12-20(18)22)23(25)24-15-14-17-8-3-4-10-19(17)16-24/h3-13,21H,2,14-16H2,1H3. The van der Waals surface area contributed by atoms with E-state index in [4.69, 9.17) is 4.74 Å². The van der Waals surface area contributed by atoms with Crippen LogP contribution in [-0.4, -0.2) is 23.5 Å². The van der Waals surface area contributed by atoms with Crippen molar-refractivity contribution >= 4 is 16.7 Å². The highest BCUT2D eigenvalue weighted by Gasteiger charge is 2.27.